The summed E-state index contributed by atoms with van der Waals surface area (Å²) in [4.78, 5) is 4.79. The number of hydrogen-bond donors (Lipinski definition) is 1. The monoisotopic (exact) mass is 339 g/mol. The number of nitrogens with two attached hydrogens (primary N) is 1. The Balaban J connectivity index is 2.67. The zero-order chi connectivity index (χ0) is 15.2. The third kappa shape index (κ3) is 3.52. The van der Waals surface area contributed by atoms with Crippen LogP contribution in [0.3, 0.4) is 0 Å². The van der Waals surface area contributed by atoms with Crippen LogP contribution in [0.5, 0.6) is 11.5 Å². The van der Waals surface area contributed by atoms with E-state index in [0.717, 1.165) is 18.2 Å². The second kappa shape index (κ2) is 7.39. The number of nitriles is 1. The molecule has 0 spiro atoms. The Morgan fingerprint density at radius 3 is 3.10 bits per heavy atom. The SMILES string of the molecule is CCCOc1c(SC#N)cc(OC#P=O)c2nc(N)sc12. The maximum absolute atomic E-state index is 10.5. The van der Waals surface area contributed by atoms with E-state index >= 15 is 0 Å². The van der Waals surface area contributed by atoms with Crippen molar-refractivity contribution >= 4 is 46.4 Å². The van der Waals surface area contributed by atoms with Crippen molar-refractivity contribution in [1.82, 2.24) is 4.98 Å². The van der Waals surface area contributed by atoms with Gasteiger partial charge in [-0.2, -0.15) is 0 Å². The number of anilines is 1. The molecule has 2 N–H and O–H groups in total. The van der Waals surface area contributed by atoms with Crippen molar-refractivity contribution in [2.75, 3.05) is 12.3 Å². The van der Waals surface area contributed by atoms with Crippen LogP contribution in [0.25, 0.3) is 10.2 Å². The van der Waals surface area contributed by atoms with Gasteiger partial charge in [0.05, 0.1) is 0 Å². The van der Waals surface area contributed by atoms with E-state index in [1.54, 1.807) is 6.07 Å². The van der Waals surface area contributed by atoms with Crippen LogP contribution in [-0.4, -0.2) is 11.6 Å². The van der Waals surface area contributed by atoms with Crippen molar-refractivity contribution < 1.29 is 14.0 Å². The van der Waals surface area contributed by atoms with Crippen LogP contribution >= 0.6 is 31.0 Å². The fraction of sp³-hybridized carbons (Fsp3) is 0.250. The molecule has 108 valence electrons. The molecule has 0 saturated heterocycles. The second-order valence-corrected chi connectivity index (χ2v) is 5.98. The molecule has 1 heterocycles. The number of hydrogen-bond acceptors (Lipinski definition) is 8. The van der Waals surface area contributed by atoms with Gasteiger partial charge >= 0.3 is 130 Å². The summed E-state index contributed by atoms with van der Waals surface area (Å²) in [5.74, 6) is 3.11. The first kappa shape index (κ1) is 15.7. The summed E-state index contributed by atoms with van der Waals surface area (Å²) in [7, 11) is -0.378. The normalized spacial score (nSPS) is 9.90. The topological polar surface area (TPSA) is 98.2 Å². The molecule has 0 radical (unpaired) electrons. The van der Waals surface area contributed by atoms with Gasteiger partial charge in [0.2, 0.25) is 0 Å². The fourth-order valence-electron chi connectivity index (χ4n) is 1.63. The van der Waals surface area contributed by atoms with Gasteiger partial charge in [0.15, 0.2) is 0 Å². The summed E-state index contributed by atoms with van der Waals surface area (Å²) in [5, 5.41) is 11.3. The summed E-state index contributed by atoms with van der Waals surface area (Å²) >= 11 is 2.20. The number of nitrogen functional groups attached to an aromatic ring is 1. The third-order valence-electron chi connectivity index (χ3n) is 2.37. The van der Waals surface area contributed by atoms with E-state index in [9.17, 15) is 4.57 Å². The quantitative estimate of drug-likeness (QED) is 0.502. The van der Waals surface area contributed by atoms with E-state index in [4.69, 9.17) is 20.5 Å². The Labute approximate surface area is 130 Å². The number of fused-ring (bicyclic) bond motifs is 1. The van der Waals surface area contributed by atoms with E-state index < -0.39 is 0 Å². The number of thiocyanates is 1. The molecule has 21 heavy (non-hydrogen) atoms. The van der Waals surface area contributed by atoms with E-state index in [0.29, 0.717) is 38.3 Å². The number of benzene rings is 1. The van der Waals surface area contributed by atoms with Crippen LogP contribution < -0.4 is 15.2 Å². The average molecular weight is 339 g/mol. The van der Waals surface area contributed by atoms with Crippen molar-refractivity contribution in [2.24, 2.45) is 0 Å². The van der Waals surface area contributed by atoms with Gasteiger partial charge in [-0.3, -0.25) is 0 Å². The predicted octanol–water partition coefficient (Wildman–Crippen LogP) is 3.83. The van der Waals surface area contributed by atoms with Gasteiger partial charge in [-0.05, 0) is 0 Å². The molecule has 0 bridgehead atoms. The van der Waals surface area contributed by atoms with Crippen molar-refractivity contribution in [3.05, 3.63) is 6.07 Å². The summed E-state index contributed by atoms with van der Waals surface area (Å²) in [6, 6.07) is 1.61. The molecular weight excluding hydrogens is 329 g/mol. The molecule has 1 aromatic heterocycles. The third-order valence-corrected chi connectivity index (χ3v) is 4.03. The van der Waals surface area contributed by atoms with Crippen LogP contribution in [0.15, 0.2) is 11.0 Å². The summed E-state index contributed by atoms with van der Waals surface area (Å²) < 4.78 is 22.1. The van der Waals surface area contributed by atoms with Crippen molar-refractivity contribution in [3.63, 3.8) is 0 Å². The van der Waals surface area contributed by atoms with E-state index in [2.05, 4.69) is 10.8 Å². The van der Waals surface area contributed by atoms with Gasteiger partial charge in [-0.15, -0.1) is 0 Å². The zero-order valence-electron chi connectivity index (χ0n) is 11.0. The number of ether oxygens (including phenoxy) is 2. The Morgan fingerprint density at radius 2 is 2.43 bits per heavy atom. The number of thiazole rings is 1. The second-order valence-electron chi connectivity index (χ2n) is 3.76. The van der Waals surface area contributed by atoms with E-state index in [1.807, 2.05) is 12.3 Å². The molecule has 2 aromatic rings. The minimum atomic E-state index is -0.378. The Kier molecular flexibility index (Phi) is 5.54. The van der Waals surface area contributed by atoms with E-state index in [1.165, 1.54) is 11.3 Å². The number of nitrogens with zero attached hydrogens (tertiary/aromatic N) is 2. The molecule has 0 unspecified atom stereocenters. The van der Waals surface area contributed by atoms with Crippen LogP contribution in [0.4, 0.5) is 5.13 Å². The molecule has 0 amide bonds. The van der Waals surface area contributed by atoms with Crippen molar-refractivity contribution in [2.45, 2.75) is 18.2 Å². The van der Waals surface area contributed by atoms with Gasteiger partial charge in [0.25, 0.3) is 0 Å². The zero-order valence-corrected chi connectivity index (χ0v) is 13.5. The van der Waals surface area contributed by atoms with Crippen LogP contribution in [0, 0.1) is 16.5 Å². The molecule has 9 heteroatoms. The molecule has 6 nitrogen and oxygen atoms in total. The first-order valence-corrected chi connectivity index (χ1v) is 8.31. The Hall–Kier alpha value is -1.64. The number of aromatic nitrogens is 1. The number of rotatable bonds is 5. The molecule has 0 aliphatic carbocycles. The molecule has 0 aliphatic rings. The first-order valence-electron chi connectivity index (χ1n) is 5.87. The molecule has 1 aromatic carbocycles. The van der Waals surface area contributed by atoms with Gasteiger partial charge < -0.3 is 0 Å². The van der Waals surface area contributed by atoms with Crippen molar-refractivity contribution in [1.29, 1.82) is 5.26 Å². The van der Waals surface area contributed by atoms with E-state index in [-0.39, 0.29) is 7.92 Å². The average Bonchev–Trinajstić information content (AvgIpc) is 2.86. The van der Waals surface area contributed by atoms with Gasteiger partial charge in [-0.1, -0.05) is 0 Å². The van der Waals surface area contributed by atoms with Crippen LogP contribution in [-0.2, 0) is 4.57 Å². The Bertz CT molecular complexity index is 810. The van der Waals surface area contributed by atoms with Crippen LogP contribution in [0.1, 0.15) is 13.3 Å². The molecule has 2 rings (SSSR count). The van der Waals surface area contributed by atoms with Gasteiger partial charge in [-0.25, -0.2) is 0 Å². The summed E-state index contributed by atoms with van der Waals surface area (Å²) in [6.07, 6.45) is 0.835. The minimum absolute atomic E-state index is 0.336. The molecule has 0 atom stereocenters. The van der Waals surface area contributed by atoms with Gasteiger partial charge in [0, 0.05) is 0 Å². The molecule has 0 saturated carbocycles. The number of thioether (sulfide) groups is 1. The summed E-state index contributed by atoms with van der Waals surface area (Å²) in [6.45, 7) is 2.51. The predicted molar refractivity (Wildman–Crippen MR) is 83.4 cm³/mol. The fourth-order valence-corrected chi connectivity index (χ4v) is 3.20. The summed E-state index contributed by atoms with van der Waals surface area (Å²) in [5.41, 5.74) is 6.25. The molecule has 0 aliphatic heterocycles. The first-order chi connectivity index (χ1) is 10.2. The standard InChI is InChI=1S/C12H10N3O3PS2/c1-2-3-17-10-8(20-5-13)4-7(18-6-19-16)9-11(10)21-12(14)15-9/h4H,2-3H2,1H3,(H2,14,15). The maximum atomic E-state index is 10.5. The molecular formula is C12H10N3O3PS2. The molecule has 0 fully saturated rings. The van der Waals surface area contributed by atoms with Gasteiger partial charge in [0.1, 0.15) is 0 Å². The Morgan fingerprint density at radius 1 is 1.62 bits per heavy atom. The van der Waals surface area contributed by atoms with Crippen molar-refractivity contribution in [3.8, 4) is 22.7 Å². The van der Waals surface area contributed by atoms with Crippen LogP contribution in [0.2, 0.25) is 0 Å².